The van der Waals surface area contributed by atoms with Gasteiger partial charge in [-0.05, 0) is 27.4 Å². The normalized spacial score (nSPS) is 12.0. The van der Waals surface area contributed by atoms with E-state index in [2.05, 4.69) is 21.2 Å². The summed E-state index contributed by atoms with van der Waals surface area (Å²) < 4.78 is 36.0. The van der Waals surface area contributed by atoms with E-state index in [1.54, 1.807) is 0 Å². The van der Waals surface area contributed by atoms with Gasteiger partial charge in [0, 0.05) is 15.9 Å². The summed E-state index contributed by atoms with van der Waals surface area (Å²) >= 11 is 4.66. The zero-order chi connectivity index (χ0) is 9.90. The third-order valence-electron chi connectivity index (χ3n) is 1.30. The molecule has 1 N–H and O–H groups in total. The summed E-state index contributed by atoms with van der Waals surface area (Å²) in [5, 5.41) is 4.15. The van der Waals surface area contributed by atoms with Crippen LogP contribution in [0.3, 0.4) is 0 Å². The topological polar surface area (TPSA) is 12.0 Å². The van der Waals surface area contributed by atoms with E-state index in [0.29, 0.717) is 0 Å². The van der Waals surface area contributed by atoms with Crippen LogP contribution >= 0.6 is 27.3 Å². The van der Waals surface area contributed by atoms with Crippen molar-refractivity contribution >= 4 is 27.3 Å². The van der Waals surface area contributed by atoms with Gasteiger partial charge in [-0.15, -0.1) is 11.3 Å². The molecule has 0 aromatic carbocycles. The molecule has 0 aliphatic heterocycles. The molecule has 0 aliphatic carbocycles. The quantitative estimate of drug-likeness (QED) is 0.892. The molecule has 1 aromatic rings. The first-order chi connectivity index (χ1) is 5.99. The largest absolute Gasteiger partial charge is 0.401 e. The molecule has 0 fully saturated rings. The molecule has 1 rings (SSSR count). The minimum Gasteiger partial charge on any atom is -0.304 e. The average molecular weight is 274 g/mol. The van der Waals surface area contributed by atoms with Gasteiger partial charge < -0.3 is 5.32 Å². The van der Waals surface area contributed by atoms with Crippen LogP contribution in [-0.2, 0) is 6.54 Å². The summed E-state index contributed by atoms with van der Waals surface area (Å²) in [6, 6.07) is 1.81. The van der Waals surface area contributed by atoms with E-state index < -0.39 is 12.7 Å². The maximum Gasteiger partial charge on any atom is 0.401 e. The second-order valence-corrected chi connectivity index (χ2v) is 4.27. The highest BCUT2D eigenvalue weighted by Gasteiger charge is 2.26. The number of alkyl halides is 3. The van der Waals surface area contributed by atoms with Crippen molar-refractivity contribution in [3.63, 3.8) is 0 Å². The average Bonchev–Trinajstić information content (AvgIpc) is 2.34. The third-order valence-corrected chi connectivity index (χ3v) is 3.23. The minimum atomic E-state index is -4.14. The Morgan fingerprint density at radius 1 is 1.46 bits per heavy atom. The van der Waals surface area contributed by atoms with Gasteiger partial charge in [-0.2, -0.15) is 13.2 Å². The first-order valence-corrected chi connectivity index (χ1v) is 5.15. The lowest BCUT2D eigenvalue weighted by molar-refractivity contribution is -0.125. The molecule has 0 spiro atoms. The third kappa shape index (κ3) is 4.10. The van der Waals surface area contributed by atoms with Crippen molar-refractivity contribution in [3.05, 3.63) is 20.8 Å². The van der Waals surface area contributed by atoms with Crippen molar-refractivity contribution in [2.45, 2.75) is 12.7 Å². The second-order valence-electron chi connectivity index (χ2n) is 2.41. The van der Waals surface area contributed by atoms with Gasteiger partial charge >= 0.3 is 6.18 Å². The molecule has 13 heavy (non-hydrogen) atoms. The molecule has 0 atom stereocenters. The standard InChI is InChI=1S/C7H7BrF3NS/c8-5-1-2-13-6(5)3-12-4-7(9,10)11/h1-2,12H,3-4H2. The van der Waals surface area contributed by atoms with Crippen LogP contribution in [0.1, 0.15) is 4.88 Å². The Hall–Kier alpha value is -0.0700. The van der Waals surface area contributed by atoms with Crippen LogP contribution in [-0.4, -0.2) is 12.7 Å². The fourth-order valence-corrected chi connectivity index (χ4v) is 2.23. The van der Waals surface area contributed by atoms with E-state index in [4.69, 9.17) is 0 Å². The van der Waals surface area contributed by atoms with E-state index in [-0.39, 0.29) is 6.54 Å². The van der Waals surface area contributed by atoms with Crippen LogP contribution in [0.25, 0.3) is 0 Å². The SMILES string of the molecule is FC(F)(F)CNCc1sccc1Br. The molecule has 1 aromatic heterocycles. The predicted octanol–water partition coefficient (Wildman–Crippen LogP) is 3.16. The Balaban J connectivity index is 2.32. The van der Waals surface area contributed by atoms with Gasteiger partial charge in [-0.25, -0.2) is 0 Å². The van der Waals surface area contributed by atoms with E-state index in [1.165, 1.54) is 11.3 Å². The highest BCUT2D eigenvalue weighted by Crippen LogP contribution is 2.22. The highest BCUT2D eigenvalue weighted by atomic mass is 79.9. The summed E-state index contributed by atoms with van der Waals surface area (Å²) in [6.07, 6.45) is -4.14. The van der Waals surface area contributed by atoms with E-state index in [9.17, 15) is 13.2 Å². The van der Waals surface area contributed by atoms with Crippen molar-refractivity contribution < 1.29 is 13.2 Å². The Morgan fingerprint density at radius 3 is 2.62 bits per heavy atom. The Labute approximate surface area is 86.1 Å². The van der Waals surface area contributed by atoms with E-state index in [1.807, 2.05) is 11.4 Å². The summed E-state index contributed by atoms with van der Waals surface area (Å²) in [6.45, 7) is -0.699. The van der Waals surface area contributed by atoms with Gasteiger partial charge in [0.05, 0.1) is 6.54 Å². The molecular weight excluding hydrogens is 267 g/mol. The number of halogens is 4. The van der Waals surface area contributed by atoms with Crippen LogP contribution in [0.5, 0.6) is 0 Å². The summed E-state index contributed by atoms with van der Waals surface area (Å²) in [5.41, 5.74) is 0. The van der Waals surface area contributed by atoms with Crippen molar-refractivity contribution in [1.29, 1.82) is 0 Å². The molecule has 0 radical (unpaired) electrons. The van der Waals surface area contributed by atoms with E-state index in [0.717, 1.165) is 9.35 Å². The van der Waals surface area contributed by atoms with Gasteiger partial charge in [-0.1, -0.05) is 0 Å². The molecule has 1 nitrogen and oxygen atoms in total. The van der Waals surface area contributed by atoms with Gasteiger partial charge in [-0.3, -0.25) is 0 Å². The Kier molecular flexibility index (Phi) is 3.75. The number of hydrogen-bond acceptors (Lipinski definition) is 2. The van der Waals surface area contributed by atoms with Crippen molar-refractivity contribution in [2.24, 2.45) is 0 Å². The van der Waals surface area contributed by atoms with Crippen molar-refractivity contribution in [2.75, 3.05) is 6.54 Å². The molecule has 0 aliphatic rings. The molecule has 74 valence electrons. The number of rotatable bonds is 3. The van der Waals surface area contributed by atoms with Gasteiger partial charge in [0.1, 0.15) is 0 Å². The molecule has 1 heterocycles. The zero-order valence-corrected chi connectivity index (χ0v) is 8.89. The maximum atomic E-state index is 11.7. The Bertz CT molecular complexity index is 271. The monoisotopic (exact) mass is 273 g/mol. The van der Waals surface area contributed by atoms with E-state index >= 15 is 0 Å². The molecular formula is C7H7BrF3NS. The Morgan fingerprint density at radius 2 is 2.15 bits per heavy atom. The molecule has 0 saturated carbocycles. The number of hydrogen-bond donors (Lipinski definition) is 1. The summed E-state index contributed by atoms with van der Waals surface area (Å²) in [4.78, 5) is 0.879. The first-order valence-electron chi connectivity index (χ1n) is 3.48. The number of nitrogens with one attached hydrogen (secondary N) is 1. The van der Waals surface area contributed by atoms with Crippen LogP contribution in [0.4, 0.5) is 13.2 Å². The van der Waals surface area contributed by atoms with Gasteiger partial charge in [0.2, 0.25) is 0 Å². The zero-order valence-electron chi connectivity index (χ0n) is 6.49. The summed E-state index contributed by atoms with van der Waals surface area (Å²) in [5.74, 6) is 0. The van der Waals surface area contributed by atoms with Crippen molar-refractivity contribution in [3.8, 4) is 0 Å². The lowest BCUT2D eigenvalue weighted by Gasteiger charge is -2.06. The number of thiophene rings is 1. The van der Waals surface area contributed by atoms with Gasteiger partial charge in [0.15, 0.2) is 0 Å². The second kappa shape index (κ2) is 4.43. The molecule has 0 amide bonds. The van der Waals surface area contributed by atoms with Crippen LogP contribution in [0.15, 0.2) is 15.9 Å². The lowest BCUT2D eigenvalue weighted by atomic mass is 10.4. The predicted molar refractivity (Wildman–Crippen MR) is 49.8 cm³/mol. The maximum absolute atomic E-state index is 11.7. The fourth-order valence-electron chi connectivity index (χ4n) is 0.769. The molecule has 0 bridgehead atoms. The van der Waals surface area contributed by atoms with Crippen LogP contribution < -0.4 is 5.32 Å². The lowest BCUT2D eigenvalue weighted by Crippen LogP contribution is -2.28. The van der Waals surface area contributed by atoms with Crippen molar-refractivity contribution in [1.82, 2.24) is 5.32 Å². The van der Waals surface area contributed by atoms with Crippen LogP contribution in [0.2, 0.25) is 0 Å². The fraction of sp³-hybridized carbons (Fsp3) is 0.429. The highest BCUT2D eigenvalue weighted by molar-refractivity contribution is 9.10. The van der Waals surface area contributed by atoms with Gasteiger partial charge in [0.25, 0.3) is 0 Å². The minimum absolute atomic E-state index is 0.248. The molecule has 6 heteroatoms. The summed E-state index contributed by atoms with van der Waals surface area (Å²) in [7, 11) is 0. The molecule has 0 saturated heterocycles. The first kappa shape index (κ1) is 11.0. The van der Waals surface area contributed by atoms with Crippen LogP contribution in [0, 0.1) is 0 Å². The molecule has 0 unspecified atom stereocenters. The smallest absolute Gasteiger partial charge is 0.304 e.